The maximum atomic E-state index is 15.6. The van der Waals surface area contributed by atoms with Crippen LogP contribution in [0.4, 0.5) is 22.7 Å². The molecule has 2 amide bonds. The number of aliphatic hydroxyl groups excluding tert-OH is 2. The Morgan fingerprint density at radius 2 is 1.76 bits per heavy atom. The number of non-ortho nitro benzene ring substituents is 1. The predicted molar refractivity (Wildman–Crippen MR) is 252 cm³/mol. The lowest BCUT2D eigenvalue weighted by atomic mass is 9.82. The average molecular weight is 918 g/mol. The standard InChI is InChI=1S/C49H59N7O9Si/c1-6-64-39-15-19-43-34(27-39)28-42(50-22-7-8-24-57)47(59)55(43)36-11-9-10-33(26-36)30-54-44-18-12-37(56(61)62)29-41(44)49(48(54)60)32(2)46(66(4,5)40-16-13-38(63-3)14-17-40)45(65-49)20-23-53-31-35(21-25-58)51-52-53/h9-19,26-27,29,31-32,42,45-46,50,57-58H,6-8,20-25,28,30H2,1-5H3/t32-,42?,45+,46-,49+/m1/s1. The fourth-order valence-electron chi connectivity index (χ4n) is 10.5. The largest absolute Gasteiger partial charge is 0.497 e. The van der Waals surface area contributed by atoms with Crippen molar-refractivity contribution in [1.29, 1.82) is 0 Å². The molecule has 1 aromatic heterocycles. The van der Waals surface area contributed by atoms with Gasteiger partial charge in [0.2, 0.25) is 5.91 Å². The predicted octanol–water partition coefficient (Wildman–Crippen LogP) is 5.93. The van der Waals surface area contributed by atoms with Crippen LogP contribution in [0.5, 0.6) is 11.5 Å². The van der Waals surface area contributed by atoms with Crippen LogP contribution in [0, 0.1) is 16.0 Å². The Kier molecular flexibility index (Phi) is 13.7. The summed E-state index contributed by atoms with van der Waals surface area (Å²) in [5, 5.41) is 44.4. The molecule has 348 valence electrons. The summed E-state index contributed by atoms with van der Waals surface area (Å²) in [5.74, 6) is 0.615. The first-order chi connectivity index (χ1) is 31.8. The maximum absolute atomic E-state index is 15.6. The molecule has 1 spiro atoms. The van der Waals surface area contributed by atoms with Gasteiger partial charge in [0.15, 0.2) is 5.60 Å². The van der Waals surface area contributed by atoms with E-state index in [4.69, 9.17) is 14.2 Å². The smallest absolute Gasteiger partial charge is 0.269 e. The molecule has 8 rings (SSSR count). The molecule has 1 saturated heterocycles. The van der Waals surface area contributed by atoms with Crippen LogP contribution in [-0.2, 0) is 45.9 Å². The van der Waals surface area contributed by atoms with E-state index < -0.39 is 36.7 Å². The van der Waals surface area contributed by atoms with Gasteiger partial charge in [-0.25, -0.2) is 0 Å². The van der Waals surface area contributed by atoms with E-state index in [2.05, 4.69) is 40.9 Å². The van der Waals surface area contributed by atoms with Crippen molar-refractivity contribution in [3.8, 4) is 11.5 Å². The van der Waals surface area contributed by atoms with Gasteiger partial charge in [0.1, 0.15) is 11.5 Å². The summed E-state index contributed by atoms with van der Waals surface area (Å²) in [4.78, 5) is 45.4. The van der Waals surface area contributed by atoms with Crippen LogP contribution in [0.15, 0.2) is 91.1 Å². The van der Waals surface area contributed by atoms with Crippen molar-refractivity contribution in [2.45, 2.75) is 95.4 Å². The van der Waals surface area contributed by atoms with Gasteiger partial charge in [-0.3, -0.25) is 29.3 Å². The molecule has 5 aromatic rings. The van der Waals surface area contributed by atoms with Gasteiger partial charge in [0, 0.05) is 61.7 Å². The van der Waals surface area contributed by atoms with Crippen molar-refractivity contribution in [2.24, 2.45) is 5.92 Å². The minimum absolute atomic E-state index is 0.0482. The molecule has 0 saturated carbocycles. The van der Waals surface area contributed by atoms with Crippen LogP contribution < -0.4 is 29.8 Å². The molecule has 66 heavy (non-hydrogen) atoms. The summed E-state index contributed by atoms with van der Waals surface area (Å²) in [7, 11) is -0.913. The molecule has 4 aromatic carbocycles. The highest BCUT2D eigenvalue weighted by Gasteiger charge is 2.66. The zero-order valence-electron chi connectivity index (χ0n) is 38.2. The number of amides is 2. The lowest BCUT2D eigenvalue weighted by molar-refractivity contribution is -0.385. The van der Waals surface area contributed by atoms with Crippen molar-refractivity contribution in [3.05, 3.63) is 124 Å². The molecule has 3 aliphatic rings. The van der Waals surface area contributed by atoms with Crippen LogP contribution in [0.25, 0.3) is 0 Å². The number of hydrogen-bond donors (Lipinski definition) is 3. The number of unbranched alkanes of at least 4 members (excludes halogenated alkanes) is 1. The van der Waals surface area contributed by atoms with Gasteiger partial charge >= 0.3 is 0 Å². The Morgan fingerprint density at radius 1 is 0.985 bits per heavy atom. The molecule has 0 aliphatic carbocycles. The Bertz CT molecular complexity index is 2570. The molecule has 1 fully saturated rings. The first-order valence-corrected chi connectivity index (χ1v) is 25.9. The summed E-state index contributed by atoms with van der Waals surface area (Å²) in [6.45, 7) is 10.2. The monoisotopic (exact) mass is 917 g/mol. The van der Waals surface area contributed by atoms with Crippen LogP contribution in [0.1, 0.15) is 55.5 Å². The Hall–Kier alpha value is -5.98. The lowest BCUT2D eigenvalue weighted by Crippen LogP contribution is -2.51. The molecule has 3 N–H and O–H groups in total. The number of carbonyl (C=O) groups is 2. The van der Waals surface area contributed by atoms with E-state index in [1.807, 2.05) is 74.6 Å². The highest BCUT2D eigenvalue weighted by atomic mass is 28.3. The molecular formula is C49H59N7O9Si. The fraction of sp³-hybridized carbons (Fsp3) is 0.429. The van der Waals surface area contributed by atoms with Crippen molar-refractivity contribution in [1.82, 2.24) is 20.3 Å². The number of methoxy groups -OCH3 is 1. The molecule has 17 heteroatoms. The fourth-order valence-corrected chi connectivity index (χ4v) is 14.5. The summed E-state index contributed by atoms with van der Waals surface area (Å²) >= 11 is 0. The van der Waals surface area contributed by atoms with Crippen LogP contribution in [-0.4, -0.2) is 95.6 Å². The number of nitro benzene ring substituents is 1. The summed E-state index contributed by atoms with van der Waals surface area (Å²) in [6, 6.07) is 25.5. The van der Waals surface area contributed by atoms with Crippen molar-refractivity contribution >= 4 is 47.8 Å². The van der Waals surface area contributed by atoms with Gasteiger partial charge in [0.25, 0.3) is 11.6 Å². The zero-order chi connectivity index (χ0) is 46.8. The van der Waals surface area contributed by atoms with Gasteiger partial charge in [-0.05, 0) is 104 Å². The first kappa shape index (κ1) is 46.5. The van der Waals surface area contributed by atoms with E-state index in [-0.39, 0.29) is 42.8 Å². The number of aromatic nitrogens is 3. The van der Waals surface area contributed by atoms with Crippen LogP contribution in [0.2, 0.25) is 18.6 Å². The average Bonchev–Trinajstić information content (AvgIpc) is 3.96. The highest BCUT2D eigenvalue weighted by molar-refractivity contribution is 6.91. The quantitative estimate of drug-likeness (QED) is 0.0383. The van der Waals surface area contributed by atoms with E-state index in [1.165, 1.54) is 12.1 Å². The number of aryl methyl sites for hydroxylation is 1. The van der Waals surface area contributed by atoms with Gasteiger partial charge in [-0.1, -0.05) is 54.7 Å². The molecular weight excluding hydrogens is 859 g/mol. The molecule has 16 nitrogen and oxygen atoms in total. The minimum atomic E-state index is -2.54. The first-order valence-electron chi connectivity index (χ1n) is 22.8. The number of fused-ring (bicyclic) bond motifs is 3. The number of hydrogen-bond acceptors (Lipinski definition) is 12. The van der Waals surface area contributed by atoms with E-state index in [0.29, 0.717) is 73.8 Å². The topological polar surface area (TPSA) is 195 Å². The van der Waals surface area contributed by atoms with Gasteiger partial charge in [-0.15, -0.1) is 5.10 Å². The van der Waals surface area contributed by atoms with Crippen LogP contribution in [0.3, 0.4) is 0 Å². The second kappa shape index (κ2) is 19.5. The SMILES string of the molecule is CCOc1ccc2c(c1)CC(NCCCCO)C(=O)N2c1cccc(CN2C(=O)[C@@]3(O[C@@H](CCn4cc(CCO)nn4)[C@H]([Si](C)(C)c4ccc(OC)cc4)[C@H]3C)c3cc([N+](=O)[O-])ccc32)c1. The summed E-state index contributed by atoms with van der Waals surface area (Å²) in [6.07, 6.45) is 4.04. The number of nitrogens with one attached hydrogen (secondary N) is 1. The Balaban J connectivity index is 1.16. The Labute approximate surface area is 385 Å². The number of ether oxygens (including phenoxy) is 3. The number of nitrogens with zero attached hydrogens (tertiary/aromatic N) is 6. The molecule has 0 bridgehead atoms. The summed E-state index contributed by atoms with van der Waals surface area (Å²) < 4.78 is 20.3. The van der Waals surface area contributed by atoms with E-state index in [0.717, 1.165) is 34.2 Å². The van der Waals surface area contributed by atoms with Crippen molar-refractivity contribution in [2.75, 3.05) is 43.3 Å². The zero-order valence-corrected chi connectivity index (χ0v) is 39.2. The third-order valence-electron chi connectivity index (χ3n) is 13.7. The third-order valence-corrected chi connectivity index (χ3v) is 18.0. The number of carbonyl (C=O) groups excluding carboxylic acids is 2. The summed E-state index contributed by atoms with van der Waals surface area (Å²) in [5.41, 5.74) is 2.91. The number of nitro groups is 1. The van der Waals surface area contributed by atoms with Crippen LogP contribution >= 0.6 is 0 Å². The number of aliphatic hydroxyl groups is 2. The molecule has 3 aliphatic heterocycles. The molecule has 0 radical (unpaired) electrons. The van der Waals surface area contributed by atoms with Gasteiger partial charge in [-0.2, -0.15) is 0 Å². The second-order valence-electron chi connectivity index (χ2n) is 18.0. The van der Waals surface area contributed by atoms with E-state index in [9.17, 15) is 25.1 Å². The number of anilines is 3. The van der Waals surface area contributed by atoms with Crippen molar-refractivity contribution in [3.63, 3.8) is 0 Å². The number of rotatable bonds is 19. The number of benzene rings is 4. The maximum Gasteiger partial charge on any atom is 0.269 e. The van der Waals surface area contributed by atoms with Gasteiger partial charge < -0.3 is 34.6 Å². The minimum Gasteiger partial charge on any atom is -0.497 e. The van der Waals surface area contributed by atoms with E-state index >= 15 is 4.79 Å². The highest BCUT2D eigenvalue weighted by Crippen LogP contribution is 2.60. The Morgan fingerprint density at radius 3 is 2.48 bits per heavy atom. The molecule has 5 atom stereocenters. The molecule has 4 heterocycles. The second-order valence-corrected chi connectivity index (χ2v) is 22.6. The van der Waals surface area contributed by atoms with E-state index in [1.54, 1.807) is 27.7 Å². The lowest BCUT2D eigenvalue weighted by Gasteiger charge is -2.37. The van der Waals surface area contributed by atoms with Gasteiger partial charge in [0.05, 0.1) is 62.5 Å². The normalized spacial score (nSPS) is 21.4. The molecule has 1 unspecified atom stereocenters. The van der Waals surface area contributed by atoms with Crippen molar-refractivity contribution < 1.29 is 38.9 Å². The third kappa shape index (κ3) is 8.73.